The van der Waals surface area contributed by atoms with Crippen LogP contribution >= 0.6 is 24.0 Å². The number of aromatic nitrogens is 3. The van der Waals surface area contributed by atoms with E-state index in [2.05, 4.69) is 41.6 Å². The van der Waals surface area contributed by atoms with Crippen LogP contribution in [0.3, 0.4) is 0 Å². The van der Waals surface area contributed by atoms with Gasteiger partial charge in [0.2, 0.25) is 0 Å². The van der Waals surface area contributed by atoms with Crippen LogP contribution in [0.15, 0.2) is 29.4 Å². The van der Waals surface area contributed by atoms with Crippen molar-refractivity contribution in [2.45, 2.75) is 59.3 Å². The molecule has 0 saturated heterocycles. The molecule has 0 bridgehead atoms. The molecule has 2 rings (SSSR count). The molecule has 0 amide bonds. The summed E-state index contributed by atoms with van der Waals surface area (Å²) in [5, 5.41) is 15.3. The fourth-order valence-corrected chi connectivity index (χ4v) is 3.14. The lowest BCUT2D eigenvalue weighted by Crippen LogP contribution is -2.38. The molecule has 1 atom stereocenters. The highest BCUT2D eigenvalue weighted by Gasteiger charge is 2.08. The van der Waals surface area contributed by atoms with Gasteiger partial charge in [-0.2, -0.15) is 0 Å². The molecule has 2 heterocycles. The van der Waals surface area contributed by atoms with Crippen LogP contribution in [0.5, 0.6) is 0 Å². The summed E-state index contributed by atoms with van der Waals surface area (Å²) in [4.78, 5) is 4.82. The van der Waals surface area contributed by atoms with Crippen molar-refractivity contribution in [3.05, 3.63) is 30.2 Å². The highest BCUT2D eigenvalue weighted by Crippen LogP contribution is 2.15. The molecule has 0 spiro atoms. The minimum atomic E-state index is 0. The van der Waals surface area contributed by atoms with Gasteiger partial charge in [0.25, 0.3) is 0 Å². The number of rotatable bonds is 11. The largest absolute Gasteiger partial charge is 0.357 e. The smallest absolute Gasteiger partial charge is 0.191 e. The molecule has 0 radical (unpaired) electrons. The summed E-state index contributed by atoms with van der Waals surface area (Å²) in [6.45, 7) is 9.17. The molecule has 6 nitrogen and oxygen atoms in total. The number of unbranched alkanes of at least 4 members (excludes halogenated alkanes) is 1. The van der Waals surface area contributed by atoms with Crippen molar-refractivity contribution in [2.24, 2.45) is 10.9 Å². The average molecular weight is 486 g/mol. The molecule has 152 valence electrons. The van der Waals surface area contributed by atoms with Gasteiger partial charge >= 0.3 is 0 Å². The minimum absolute atomic E-state index is 0. The monoisotopic (exact) mass is 486 g/mol. The molecule has 2 N–H and O–H groups in total. The Balaban J connectivity index is 0.00000364. The highest BCUT2D eigenvalue weighted by molar-refractivity contribution is 14.0. The lowest BCUT2D eigenvalue weighted by Gasteiger charge is -2.15. The van der Waals surface area contributed by atoms with Crippen LogP contribution in [-0.2, 0) is 6.42 Å². The molecule has 0 saturated carbocycles. The second-order valence-corrected chi connectivity index (χ2v) is 6.74. The molecule has 27 heavy (non-hydrogen) atoms. The van der Waals surface area contributed by atoms with Gasteiger partial charge in [-0.05, 0) is 37.8 Å². The number of guanidine groups is 1. The Kier molecular flexibility index (Phi) is 12.0. The van der Waals surface area contributed by atoms with Gasteiger partial charge in [-0.25, -0.2) is 0 Å². The predicted molar refractivity (Wildman–Crippen MR) is 124 cm³/mol. The zero-order valence-electron chi connectivity index (χ0n) is 16.9. The first kappa shape index (κ1) is 23.7. The molecule has 2 aromatic rings. The molecule has 0 aromatic carbocycles. The van der Waals surface area contributed by atoms with Gasteiger partial charge in [0.05, 0.1) is 0 Å². The molecular weight excluding hydrogens is 451 g/mol. The van der Waals surface area contributed by atoms with Gasteiger partial charge in [0.15, 0.2) is 11.6 Å². The van der Waals surface area contributed by atoms with E-state index in [1.54, 1.807) is 0 Å². The standard InChI is InChI=1S/C20H34N6.HI/c1-4-7-11-17(10-5-2)16-23-20(21-6-3)22-14-13-19-25-24-18-12-8-9-15-26(18)19;/h8-9,12,15,17H,4-7,10-11,13-14,16H2,1-3H3,(H2,21,22,23);1H. The fourth-order valence-electron chi connectivity index (χ4n) is 3.14. The van der Waals surface area contributed by atoms with Gasteiger partial charge in [-0.15, -0.1) is 34.2 Å². The summed E-state index contributed by atoms with van der Waals surface area (Å²) in [7, 11) is 0. The van der Waals surface area contributed by atoms with E-state index < -0.39 is 0 Å². The lowest BCUT2D eigenvalue weighted by molar-refractivity contribution is 0.439. The Morgan fingerprint density at radius 2 is 1.96 bits per heavy atom. The van der Waals surface area contributed by atoms with Crippen molar-refractivity contribution >= 4 is 35.6 Å². The van der Waals surface area contributed by atoms with E-state index in [0.29, 0.717) is 5.92 Å². The van der Waals surface area contributed by atoms with Crippen LogP contribution in [0.25, 0.3) is 5.65 Å². The Hall–Kier alpha value is -1.38. The molecule has 0 fully saturated rings. The van der Waals surface area contributed by atoms with E-state index in [0.717, 1.165) is 43.5 Å². The topological polar surface area (TPSA) is 66.6 Å². The normalized spacial score (nSPS) is 12.6. The van der Waals surface area contributed by atoms with Gasteiger partial charge in [-0.3, -0.25) is 9.39 Å². The summed E-state index contributed by atoms with van der Waals surface area (Å²) in [6.07, 6.45) is 9.14. The van der Waals surface area contributed by atoms with Gasteiger partial charge in [-0.1, -0.05) is 39.2 Å². The Morgan fingerprint density at radius 1 is 1.11 bits per heavy atom. The quantitative estimate of drug-likeness (QED) is 0.286. The number of hydrogen-bond donors (Lipinski definition) is 2. The average Bonchev–Trinajstić information content (AvgIpc) is 3.07. The van der Waals surface area contributed by atoms with Crippen LogP contribution in [0.2, 0.25) is 0 Å². The first-order valence-corrected chi connectivity index (χ1v) is 10.1. The van der Waals surface area contributed by atoms with E-state index in [1.807, 2.05) is 28.8 Å². The first-order chi connectivity index (χ1) is 12.8. The summed E-state index contributed by atoms with van der Waals surface area (Å²) in [5.74, 6) is 2.56. The SMILES string of the molecule is CCCCC(CCC)CN=C(NCC)NCCc1nnc2ccccn12.I. The number of nitrogens with one attached hydrogen (secondary N) is 2. The molecule has 0 aliphatic heterocycles. The summed E-state index contributed by atoms with van der Waals surface area (Å²) in [5.41, 5.74) is 0.890. The minimum Gasteiger partial charge on any atom is -0.357 e. The second-order valence-electron chi connectivity index (χ2n) is 6.74. The van der Waals surface area contributed by atoms with Crippen molar-refractivity contribution in [1.29, 1.82) is 0 Å². The summed E-state index contributed by atoms with van der Waals surface area (Å²) in [6, 6.07) is 5.95. The van der Waals surface area contributed by atoms with Crippen molar-refractivity contribution in [1.82, 2.24) is 25.2 Å². The second kappa shape index (κ2) is 13.7. The van der Waals surface area contributed by atoms with Crippen LogP contribution in [0, 0.1) is 5.92 Å². The molecule has 1 unspecified atom stereocenters. The third-order valence-corrected chi connectivity index (χ3v) is 4.54. The van der Waals surface area contributed by atoms with Gasteiger partial charge in [0, 0.05) is 32.3 Å². The number of hydrogen-bond acceptors (Lipinski definition) is 3. The van der Waals surface area contributed by atoms with E-state index in [9.17, 15) is 0 Å². The third-order valence-electron chi connectivity index (χ3n) is 4.54. The van der Waals surface area contributed by atoms with Crippen LogP contribution < -0.4 is 10.6 Å². The molecule has 7 heteroatoms. The zero-order chi connectivity index (χ0) is 18.6. The summed E-state index contributed by atoms with van der Waals surface area (Å²) >= 11 is 0. The Bertz CT molecular complexity index is 669. The van der Waals surface area contributed by atoms with Crippen molar-refractivity contribution in [3.63, 3.8) is 0 Å². The van der Waals surface area contributed by atoms with E-state index in [4.69, 9.17) is 4.99 Å². The van der Waals surface area contributed by atoms with Crippen molar-refractivity contribution in [3.8, 4) is 0 Å². The molecular formula is C20H35IN6. The maximum absolute atomic E-state index is 4.82. The van der Waals surface area contributed by atoms with Crippen molar-refractivity contribution in [2.75, 3.05) is 19.6 Å². The van der Waals surface area contributed by atoms with Crippen LogP contribution in [-0.4, -0.2) is 40.2 Å². The maximum Gasteiger partial charge on any atom is 0.191 e. The Morgan fingerprint density at radius 3 is 2.70 bits per heavy atom. The van der Waals surface area contributed by atoms with Gasteiger partial charge < -0.3 is 10.6 Å². The van der Waals surface area contributed by atoms with E-state index >= 15 is 0 Å². The lowest BCUT2D eigenvalue weighted by atomic mass is 9.97. The number of nitrogens with zero attached hydrogens (tertiary/aromatic N) is 4. The van der Waals surface area contributed by atoms with Crippen LogP contribution in [0.4, 0.5) is 0 Å². The number of aliphatic imine (C=N–C) groups is 1. The number of halogens is 1. The van der Waals surface area contributed by atoms with Gasteiger partial charge in [0.1, 0.15) is 5.82 Å². The molecule has 0 aliphatic rings. The number of fused-ring (bicyclic) bond motifs is 1. The zero-order valence-corrected chi connectivity index (χ0v) is 19.3. The molecule has 2 aromatic heterocycles. The summed E-state index contributed by atoms with van der Waals surface area (Å²) < 4.78 is 2.04. The molecule has 0 aliphatic carbocycles. The predicted octanol–water partition coefficient (Wildman–Crippen LogP) is 4.05. The number of pyridine rings is 1. The highest BCUT2D eigenvalue weighted by atomic mass is 127. The van der Waals surface area contributed by atoms with E-state index in [1.165, 1.54) is 32.1 Å². The van der Waals surface area contributed by atoms with E-state index in [-0.39, 0.29) is 24.0 Å². The fraction of sp³-hybridized carbons (Fsp3) is 0.650. The Labute approximate surface area is 180 Å². The maximum atomic E-state index is 4.82. The first-order valence-electron chi connectivity index (χ1n) is 10.1. The third kappa shape index (κ3) is 8.02. The van der Waals surface area contributed by atoms with Crippen molar-refractivity contribution < 1.29 is 0 Å². The van der Waals surface area contributed by atoms with Crippen LogP contribution in [0.1, 0.15) is 58.7 Å².